The van der Waals surface area contributed by atoms with Gasteiger partial charge in [0.2, 0.25) is 5.82 Å². The van der Waals surface area contributed by atoms with Crippen LogP contribution < -0.4 is 0 Å². The lowest BCUT2D eigenvalue weighted by Crippen LogP contribution is -2.39. The van der Waals surface area contributed by atoms with E-state index in [9.17, 15) is 22.0 Å². The molecule has 0 aliphatic carbocycles. The lowest BCUT2D eigenvalue weighted by molar-refractivity contribution is -0.230. The fraction of sp³-hybridized carbons (Fsp3) is 0.727. The van der Waals surface area contributed by atoms with Crippen LogP contribution >= 0.6 is 0 Å². The SMILES string of the molecule is CCCCCCCCC(CC(C)c1c(F)c(F)c(F)c(F)c1F)C(C)(OC)OC. The zero-order valence-corrected chi connectivity index (χ0v) is 18.0. The van der Waals surface area contributed by atoms with Gasteiger partial charge < -0.3 is 9.47 Å². The molecular weight excluding hydrogens is 391 g/mol. The first-order valence-corrected chi connectivity index (χ1v) is 10.3. The van der Waals surface area contributed by atoms with Crippen molar-refractivity contribution in [2.24, 2.45) is 5.92 Å². The predicted octanol–water partition coefficient (Wildman–Crippen LogP) is 7.25. The van der Waals surface area contributed by atoms with Gasteiger partial charge in [0.1, 0.15) is 0 Å². The van der Waals surface area contributed by atoms with Gasteiger partial charge in [-0.25, -0.2) is 22.0 Å². The van der Waals surface area contributed by atoms with Crippen molar-refractivity contribution < 1.29 is 31.4 Å². The van der Waals surface area contributed by atoms with Gasteiger partial charge >= 0.3 is 0 Å². The number of halogens is 5. The Kier molecular flexibility index (Phi) is 10.5. The molecule has 1 rings (SSSR count). The average Bonchev–Trinajstić information content (AvgIpc) is 2.71. The van der Waals surface area contributed by atoms with Gasteiger partial charge in [-0.1, -0.05) is 52.4 Å². The van der Waals surface area contributed by atoms with Gasteiger partial charge in [-0.05, 0) is 25.7 Å². The number of hydrogen-bond donors (Lipinski definition) is 0. The Balaban J connectivity index is 3.01. The topological polar surface area (TPSA) is 18.5 Å². The molecule has 1 aromatic carbocycles. The quantitative estimate of drug-likeness (QED) is 0.109. The first-order chi connectivity index (χ1) is 13.6. The van der Waals surface area contributed by atoms with Gasteiger partial charge in [0.15, 0.2) is 29.1 Å². The summed E-state index contributed by atoms with van der Waals surface area (Å²) in [5, 5.41) is 0. The molecule has 0 radical (unpaired) electrons. The Bertz CT molecular complexity index is 618. The molecule has 0 heterocycles. The highest BCUT2D eigenvalue weighted by atomic mass is 19.2. The highest BCUT2D eigenvalue weighted by molar-refractivity contribution is 5.27. The van der Waals surface area contributed by atoms with Crippen molar-refractivity contribution in [1.82, 2.24) is 0 Å². The molecule has 0 spiro atoms. The summed E-state index contributed by atoms with van der Waals surface area (Å²) in [5.41, 5.74) is -0.788. The Morgan fingerprint density at radius 3 is 1.69 bits per heavy atom. The van der Waals surface area contributed by atoms with Crippen molar-refractivity contribution in [2.75, 3.05) is 14.2 Å². The van der Waals surface area contributed by atoms with Crippen LogP contribution in [0.2, 0.25) is 0 Å². The Morgan fingerprint density at radius 1 is 0.759 bits per heavy atom. The molecule has 7 heteroatoms. The molecule has 168 valence electrons. The summed E-state index contributed by atoms with van der Waals surface area (Å²) in [6.45, 7) is 5.32. The van der Waals surface area contributed by atoms with Crippen LogP contribution in [0.15, 0.2) is 0 Å². The third-order valence-corrected chi connectivity index (χ3v) is 5.83. The first kappa shape index (κ1) is 25.8. The van der Waals surface area contributed by atoms with E-state index >= 15 is 0 Å². The Hall–Kier alpha value is -1.21. The van der Waals surface area contributed by atoms with E-state index < -0.39 is 46.4 Å². The van der Waals surface area contributed by atoms with Crippen molar-refractivity contribution in [3.8, 4) is 0 Å². The van der Waals surface area contributed by atoms with Gasteiger partial charge in [-0.3, -0.25) is 0 Å². The smallest absolute Gasteiger partial charge is 0.200 e. The molecule has 0 fully saturated rings. The first-order valence-electron chi connectivity index (χ1n) is 10.3. The van der Waals surface area contributed by atoms with Crippen LogP contribution in [0.4, 0.5) is 22.0 Å². The van der Waals surface area contributed by atoms with E-state index in [0.717, 1.165) is 32.1 Å². The van der Waals surface area contributed by atoms with Crippen LogP contribution in [-0.4, -0.2) is 20.0 Å². The predicted molar refractivity (Wildman–Crippen MR) is 103 cm³/mol. The number of rotatable bonds is 13. The number of unbranched alkanes of at least 4 members (excludes halogenated alkanes) is 5. The van der Waals surface area contributed by atoms with E-state index in [1.165, 1.54) is 27.6 Å². The maximum atomic E-state index is 14.2. The van der Waals surface area contributed by atoms with E-state index in [4.69, 9.17) is 9.47 Å². The lowest BCUT2D eigenvalue weighted by Gasteiger charge is -2.37. The summed E-state index contributed by atoms with van der Waals surface area (Å²) < 4.78 is 80.0. The molecule has 0 bridgehead atoms. The van der Waals surface area contributed by atoms with E-state index in [-0.39, 0.29) is 12.3 Å². The average molecular weight is 424 g/mol. The summed E-state index contributed by atoms with van der Waals surface area (Å²) in [7, 11) is 2.95. The van der Waals surface area contributed by atoms with Crippen LogP contribution in [0.25, 0.3) is 0 Å². The highest BCUT2D eigenvalue weighted by Crippen LogP contribution is 2.38. The molecule has 0 amide bonds. The maximum absolute atomic E-state index is 14.2. The highest BCUT2D eigenvalue weighted by Gasteiger charge is 2.37. The fourth-order valence-corrected chi connectivity index (χ4v) is 3.78. The molecule has 0 N–H and O–H groups in total. The lowest BCUT2D eigenvalue weighted by atomic mass is 9.82. The van der Waals surface area contributed by atoms with Crippen LogP contribution in [0.5, 0.6) is 0 Å². The van der Waals surface area contributed by atoms with Gasteiger partial charge in [-0.15, -0.1) is 0 Å². The van der Waals surface area contributed by atoms with E-state index in [2.05, 4.69) is 6.92 Å². The van der Waals surface area contributed by atoms with Crippen molar-refractivity contribution in [2.45, 2.75) is 83.8 Å². The second-order valence-electron chi connectivity index (χ2n) is 7.80. The minimum atomic E-state index is -2.14. The number of methoxy groups -OCH3 is 2. The van der Waals surface area contributed by atoms with E-state index in [0.29, 0.717) is 6.42 Å². The maximum Gasteiger partial charge on any atom is 0.200 e. The molecule has 1 aromatic rings. The van der Waals surface area contributed by atoms with Crippen molar-refractivity contribution >= 4 is 0 Å². The van der Waals surface area contributed by atoms with Gasteiger partial charge in [0, 0.05) is 25.7 Å². The zero-order valence-electron chi connectivity index (χ0n) is 18.0. The molecule has 0 saturated heterocycles. The van der Waals surface area contributed by atoms with Gasteiger partial charge in [0.25, 0.3) is 0 Å². The monoisotopic (exact) mass is 424 g/mol. The van der Waals surface area contributed by atoms with E-state index in [1.807, 2.05) is 0 Å². The third-order valence-electron chi connectivity index (χ3n) is 5.83. The largest absolute Gasteiger partial charge is 0.353 e. The summed E-state index contributed by atoms with van der Waals surface area (Å²) in [6, 6.07) is 0. The Morgan fingerprint density at radius 2 is 1.21 bits per heavy atom. The molecule has 0 aliphatic rings. The fourth-order valence-electron chi connectivity index (χ4n) is 3.78. The number of benzene rings is 1. The minimum Gasteiger partial charge on any atom is -0.353 e. The molecule has 2 nitrogen and oxygen atoms in total. The molecule has 2 unspecified atom stereocenters. The molecule has 0 aliphatic heterocycles. The van der Waals surface area contributed by atoms with E-state index in [1.54, 1.807) is 6.92 Å². The molecule has 29 heavy (non-hydrogen) atoms. The third kappa shape index (κ3) is 6.38. The van der Waals surface area contributed by atoms with Crippen LogP contribution in [0, 0.1) is 35.0 Å². The second-order valence-corrected chi connectivity index (χ2v) is 7.80. The van der Waals surface area contributed by atoms with Crippen LogP contribution in [0.1, 0.15) is 83.6 Å². The standard InChI is InChI=1S/C22H33F5O2/c1-6-7-8-9-10-11-12-15(22(3,28-4)29-5)13-14(2)16-17(23)19(25)21(27)20(26)18(16)24/h14-15H,6-13H2,1-5H3. The molecule has 0 saturated carbocycles. The van der Waals surface area contributed by atoms with Crippen LogP contribution in [0.3, 0.4) is 0 Å². The van der Waals surface area contributed by atoms with Crippen LogP contribution in [-0.2, 0) is 9.47 Å². The normalized spacial score (nSPS) is 14.3. The van der Waals surface area contributed by atoms with Crippen molar-refractivity contribution in [3.63, 3.8) is 0 Å². The summed E-state index contributed by atoms with van der Waals surface area (Å²) in [6.07, 6.45) is 7.23. The molecule has 0 aromatic heterocycles. The number of ether oxygens (including phenoxy) is 2. The van der Waals surface area contributed by atoms with Crippen molar-refractivity contribution in [3.05, 3.63) is 34.6 Å². The van der Waals surface area contributed by atoms with Gasteiger partial charge in [-0.2, -0.15) is 0 Å². The molecule has 2 atom stereocenters. The summed E-state index contributed by atoms with van der Waals surface area (Å²) in [5.74, 6) is -11.7. The number of hydrogen-bond acceptors (Lipinski definition) is 2. The van der Waals surface area contributed by atoms with Gasteiger partial charge in [0.05, 0.1) is 0 Å². The second kappa shape index (κ2) is 11.8. The van der Waals surface area contributed by atoms with Crippen molar-refractivity contribution in [1.29, 1.82) is 0 Å². The minimum absolute atomic E-state index is 0.158. The summed E-state index contributed by atoms with van der Waals surface area (Å²) in [4.78, 5) is 0. The Labute approximate surface area is 170 Å². The zero-order chi connectivity index (χ0) is 22.2. The summed E-state index contributed by atoms with van der Waals surface area (Å²) >= 11 is 0. The molecular formula is C22H33F5O2.